The molecule has 0 fully saturated rings. The number of rotatable bonds is 8. The van der Waals surface area contributed by atoms with Crippen LogP contribution in [0.5, 0.6) is 11.5 Å². The second-order valence-electron chi connectivity index (χ2n) is 7.68. The predicted octanol–water partition coefficient (Wildman–Crippen LogP) is 3.94. The second-order valence-corrected chi connectivity index (χ2v) is 8.11. The Balaban J connectivity index is 1.72. The second kappa shape index (κ2) is 9.85. The zero-order valence-corrected chi connectivity index (χ0v) is 18.2. The number of carbonyl (C=O) groups is 2. The molecule has 2 aromatic rings. The van der Waals surface area contributed by atoms with Crippen LogP contribution < -0.4 is 14.8 Å². The van der Waals surface area contributed by atoms with Crippen molar-refractivity contribution in [3.05, 3.63) is 58.6 Å². The van der Waals surface area contributed by atoms with Crippen LogP contribution in [-0.4, -0.2) is 35.6 Å². The van der Waals surface area contributed by atoms with Gasteiger partial charge in [-0.3, -0.25) is 9.59 Å². The summed E-state index contributed by atoms with van der Waals surface area (Å²) in [5, 5.41) is 3.48. The molecule has 0 spiro atoms. The maximum absolute atomic E-state index is 13.1. The molecule has 0 unspecified atom stereocenters. The minimum atomic E-state index is -0.601. The lowest BCUT2D eigenvalue weighted by Gasteiger charge is -2.29. The summed E-state index contributed by atoms with van der Waals surface area (Å²) in [4.78, 5) is 27.3. The minimum Gasteiger partial charge on any atom is -0.454 e. The Labute approximate surface area is 182 Å². The summed E-state index contributed by atoms with van der Waals surface area (Å²) in [7, 11) is 0. The molecule has 0 saturated heterocycles. The third-order valence-corrected chi connectivity index (χ3v) is 5.14. The van der Waals surface area contributed by atoms with Crippen LogP contribution in [0.2, 0.25) is 5.02 Å². The van der Waals surface area contributed by atoms with Crippen molar-refractivity contribution in [1.82, 2.24) is 10.2 Å². The van der Waals surface area contributed by atoms with E-state index in [1.807, 2.05) is 50.2 Å². The molecule has 1 heterocycles. The summed E-state index contributed by atoms with van der Waals surface area (Å²) >= 11 is 6.10. The highest BCUT2D eigenvalue weighted by molar-refractivity contribution is 6.30. The number of carbonyl (C=O) groups excluding carboxylic acids is 2. The molecule has 1 atom stereocenters. The lowest BCUT2D eigenvalue weighted by Crippen LogP contribution is -2.49. The molecular weight excluding hydrogens is 404 g/mol. The van der Waals surface area contributed by atoms with Crippen molar-refractivity contribution in [2.45, 2.75) is 52.2 Å². The molecule has 30 heavy (non-hydrogen) atoms. The molecule has 0 bridgehead atoms. The van der Waals surface area contributed by atoms with Crippen molar-refractivity contribution >= 4 is 23.4 Å². The van der Waals surface area contributed by atoms with Crippen molar-refractivity contribution in [1.29, 1.82) is 0 Å². The number of fused-ring (bicyclic) bond motifs is 1. The van der Waals surface area contributed by atoms with Gasteiger partial charge in [0, 0.05) is 24.0 Å². The number of aryl methyl sites for hydroxylation is 1. The van der Waals surface area contributed by atoms with Gasteiger partial charge < -0.3 is 19.7 Å². The fraction of sp³-hybridized carbons (Fsp3) is 0.391. The van der Waals surface area contributed by atoms with Gasteiger partial charge >= 0.3 is 0 Å². The Morgan fingerprint density at radius 1 is 1.07 bits per heavy atom. The van der Waals surface area contributed by atoms with E-state index in [0.29, 0.717) is 29.5 Å². The maximum atomic E-state index is 13.1. The van der Waals surface area contributed by atoms with Gasteiger partial charge in [-0.25, -0.2) is 0 Å². The smallest absolute Gasteiger partial charge is 0.242 e. The van der Waals surface area contributed by atoms with Gasteiger partial charge in [0.1, 0.15) is 6.04 Å². The topological polar surface area (TPSA) is 67.9 Å². The highest BCUT2D eigenvalue weighted by Gasteiger charge is 2.26. The van der Waals surface area contributed by atoms with E-state index in [1.165, 1.54) is 0 Å². The molecule has 7 heteroatoms. The summed E-state index contributed by atoms with van der Waals surface area (Å²) in [5.41, 5.74) is 1.86. The van der Waals surface area contributed by atoms with E-state index in [9.17, 15) is 9.59 Å². The van der Waals surface area contributed by atoms with Crippen molar-refractivity contribution in [2.75, 3.05) is 6.79 Å². The van der Waals surface area contributed by atoms with Crippen molar-refractivity contribution in [2.24, 2.45) is 0 Å². The summed E-state index contributed by atoms with van der Waals surface area (Å²) < 4.78 is 10.7. The van der Waals surface area contributed by atoms with Gasteiger partial charge in [-0.15, -0.1) is 0 Å². The molecule has 6 nitrogen and oxygen atoms in total. The zero-order valence-electron chi connectivity index (χ0n) is 17.5. The first kappa shape index (κ1) is 22.0. The van der Waals surface area contributed by atoms with Crippen LogP contribution in [0.4, 0.5) is 0 Å². The van der Waals surface area contributed by atoms with Crippen LogP contribution in [0.25, 0.3) is 0 Å². The highest BCUT2D eigenvalue weighted by atomic mass is 35.5. The van der Waals surface area contributed by atoms with Gasteiger partial charge in [-0.05, 0) is 62.6 Å². The van der Waals surface area contributed by atoms with E-state index >= 15 is 0 Å². The lowest BCUT2D eigenvalue weighted by atomic mass is 10.1. The first-order valence-corrected chi connectivity index (χ1v) is 10.4. The van der Waals surface area contributed by atoms with Crippen LogP contribution in [-0.2, 0) is 22.6 Å². The molecule has 1 N–H and O–H groups in total. The number of hydrogen-bond acceptors (Lipinski definition) is 4. The van der Waals surface area contributed by atoms with E-state index in [2.05, 4.69) is 5.32 Å². The first-order chi connectivity index (χ1) is 14.3. The number of amides is 2. The number of nitrogens with one attached hydrogen (secondary N) is 1. The Bertz CT molecular complexity index is 916. The quantitative estimate of drug-likeness (QED) is 0.688. The summed E-state index contributed by atoms with van der Waals surface area (Å²) in [6, 6.07) is 12.4. The van der Waals surface area contributed by atoms with Gasteiger partial charge in [-0.2, -0.15) is 0 Å². The molecule has 1 aliphatic rings. The Kier molecular flexibility index (Phi) is 7.21. The molecule has 160 valence electrons. The molecule has 2 aromatic carbocycles. The molecular formula is C23H27ClN2O4. The Morgan fingerprint density at radius 2 is 1.83 bits per heavy atom. The van der Waals surface area contributed by atoms with Crippen LogP contribution in [0.3, 0.4) is 0 Å². The fourth-order valence-electron chi connectivity index (χ4n) is 3.31. The van der Waals surface area contributed by atoms with E-state index in [4.69, 9.17) is 21.1 Å². The van der Waals surface area contributed by atoms with Crippen LogP contribution >= 0.6 is 11.6 Å². The summed E-state index contributed by atoms with van der Waals surface area (Å²) in [5.74, 6) is 1.13. The number of benzene rings is 2. The summed E-state index contributed by atoms with van der Waals surface area (Å²) in [6.07, 6.45) is 0.819. The molecule has 0 aliphatic carbocycles. The monoisotopic (exact) mass is 430 g/mol. The molecule has 0 saturated carbocycles. The lowest BCUT2D eigenvalue weighted by molar-refractivity contribution is -0.140. The van der Waals surface area contributed by atoms with Crippen molar-refractivity contribution in [3.8, 4) is 11.5 Å². The number of halogens is 1. The van der Waals surface area contributed by atoms with E-state index in [0.717, 1.165) is 11.1 Å². The number of ether oxygens (including phenoxy) is 2. The largest absolute Gasteiger partial charge is 0.454 e. The average Bonchev–Trinajstić information content (AvgIpc) is 3.17. The van der Waals surface area contributed by atoms with Crippen LogP contribution in [0.1, 0.15) is 38.3 Å². The maximum Gasteiger partial charge on any atom is 0.242 e. The normalized spacial score (nSPS) is 13.2. The van der Waals surface area contributed by atoms with Crippen LogP contribution in [0.15, 0.2) is 42.5 Å². The highest BCUT2D eigenvalue weighted by Crippen LogP contribution is 2.32. The Morgan fingerprint density at radius 3 is 2.57 bits per heavy atom. The van der Waals surface area contributed by atoms with E-state index in [1.54, 1.807) is 17.9 Å². The zero-order chi connectivity index (χ0) is 21.7. The molecule has 0 aromatic heterocycles. The van der Waals surface area contributed by atoms with Gasteiger partial charge in [0.25, 0.3) is 0 Å². The third-order valence-electron chi connectivity index (χ3n) is 4.90. The van der Waals surface area contributed by atoms with Crippen molar-refractivity contribution in [3.63, 3.8) is 0 Å². The van der Waals surface area contributed by atoms with Gasteiger partial charge in [0.05, 0.1) is 0 Å². The molecule has 2 amide bonds. The number of nitrogens with zero attached hydrogens (tertiary/aromatic N) is 1. The summed E-state index contributed by atoms with van der Waals surface area (Å²) in [6.45, 7) is 6.07. The van der Waals surface area contributed by atoms with Gasteiger partial charge in [-0.1, -0.05) is 29.8 Å². The van der Waals surface area contributed by atoms with Gasteiger partial charge in [0.2, 0.25) is 18.6 Å². The molecule has 0 radical (unpaired) electrons. The third kappa shape index (κ3) is 5.66. The van der Waals surface area contributed by atoms with Crippen molar-refractivity contribution < 1.29 is 19.1 Å². The standard InChI is InChI=1S/C23H27ClN2O4/c1-15(2)25-23(28)16(3)26(13-18-5-4-6-19(24)11-18)22(27)10-8-17-7-9-20-21(12-17)30-14-29-20/h4-7,9,11-12,15-16H,8,10,13-14H2,1-3H3,(H,25,28)/t16-/m1/s1. The SMILES string of the molecule is CC(C)NC(=O)[C@@H](C)N(Cc1cccc(Cl)c1)C(=O)CCc1ccc2c(c1)OCO2. The van der Waals surface area contributed by atoms with E-state index in [-0.39, 0.29) is 31.1 Å². The van der Waals surface area contributed by atoms with Gasteiger partial charge in [0.15, 0.2) is 11.5 Å². The molecule has 1 aliphatic heterocycles. The molecule has 3 rings (SSSR count). The minimum absolute atomic E-state index is 0.00305. The van der Waals surface area contributed by atoms with E-state index < -0.39 is 6.04 Å². The predicted molar refractivity (Wildman–Crippen MR) is 116 cm³/mol. The van der Waals surface area contributed by atoms with Crippen LogP contribution in [0, 0.1) is 0 Å². The number of hydrogen-bond donors (Lipinski definition) is 1. The Hall–Kier alpha value is -2.73. The fourth-order valence-corrected chi connectivity index (χ4v) is 3.52. The average molecular weight is 431 g/mol. The first-order valence-electron chi connectivity index (χ1n) is 10.1.